The Labute approximate surface area is 151 Å². The molecule has 0 saturated carbocycles. The van der Waals surface area contributed by atoms with Crippen LogP contribution < -0.4 is 0 Å². The molecular formula is C16H34N6O3. The number of carbonyl (C=O) groups is 3. The molecule has 0 spiro atoms. The Kier molecular flexibility index (Phi) is 9.70. The van der Waals surface area contributed by atoms with Crippen LogP contribution in [-0.2, 0) is 0 Å². The van der Waals surface area contributed by atoms with Crippen molar-refractivity contribution in [2.75, 3.05) is 82.6 Å². The van der Waals surface area contributed by atoms with Crippen LogP contribution in [0, 0.1) is 0 Å². The highest BCUT2D eigenvalue weighted by molar-refractivity contribution is 5.75. The van der Waals surface area contributed by atoms with Gasteiger partial charge in [0.05, 0.1) is 0 Å². The quantitative estimate of drug-likeness (QED) is 0.636. The number of hydrogen-bond acceptors (Lipinski definition) is 3. The maximum Gasteiger partial charge on any atom is 0.319 e. The minimum Gasteiger partial charge on any atom is -0.331 e. The summed E-state index contributed by atoms with van der Waals surface area (Å²) >= 11 is 0. The Morgan fingerprint density at radius 1 is 0.680 bits per heavy atom. The molecule has 9 nitrogen and oxygen atoms in total. The van der Waals surface area contributed by atoms with Crippen molar-refractivity contribution in [1.29, 1.82) is 0 Å². The van der Waals surface area contributed by atoms with Gasteiger partial charge in [-0.2, -0.15) is 0 Å². The summed E-state index contributed by atoms with van der Waals surface area (Å²) in [5.41, 5.74) is 0. The minimum absolute atomic E-state index is 0.0185. The molecule has 2 fully saturated rings. The number of urea groups is 3. The normalized spacial score (nSPS) is 16.8. The molecule has 0 atom stereocenters. The summed E-state index contributed by atoms with van der Waals surface area (Å²) < 4.78 is 0. The molecule has 9 heteroatoms. The van der Waals surface area contributed by atoms with Gasteiger partial charge in [-0.15, -0.1) is 0 Å². The lowest BCUT2D eigenvalue weighted by Gasteiger charge is -2.30. The number of nitrogens with zero attached hydrogens (tertiary/aromatic N) is 6. The Morgan fingerprint density at radius 3 is 1.12 bits per heavy atom. The highest BCUT2D eigenvalue weighted by Gasteiger charge is 2.20. The number of amides is 6. The van der Waals surface area contributed by atoms with E-state index in [9.17, 15) is 14.4 Å². The van der Waals surface area contributed by atoms with E-state index in [2.05, 4.69) is 0 Å². The molecule has 146 valence electrons. The van der Waals surface area contributed by atoms with Crippen molar-refractivity contribution in [3.63, 3.8) is 0 Å². The number of carbonyl (C=O) groups excluding carboxylic acids is 3. The zero-order valence-corrected chi connectivity index (χ0v) is 16.9. The average Bonchev–Trinajstić information content (AvgIpc) is 2.84. The molecule has 0 aromatic carbocycles. The van der Waals surface area contributed by atoms with Crippen molar-refractivity contribution in [3.05, 3.63) is 0 Å². The number of hydrogen-bond donors (Lipinski definition) is 0. The Hall–Kier alpha value is -2.19. The summed E-state index contributed by atoms with van der Waals surface area (Å²) in [5, 5.41) is 0. The predicted molar refractivity (Wildman–Crippen MR) is 98.7 cm³/mol. The molecular weight excluding hydrogens is 324 g/mol. The van der Waals surface area contributed by atoms with Crippen LogP contribution in [0.15, 0.2) is 0 Å². The molecule has 6 amide bonds. The fourth-order valence-electron chi connectivity index (χ4n) is 2.21. The van der Waals surface area contributed by atoms with E-state index in [0.29, 0.717) is 0 Å². The molecule has 0 aromatic heterocycles. The van der Waals surface area contributed by atoms with Crippen LogP contribution in [0.4, 0.5) is 14.4 Å². The van der Waals surface area contributed by atoms with E-state index in [1.807, 2.05) is 28.2 Å². The summed E-state index contributed by atoms with van der Waals surface area (Å²) in [6.07, 6.45) is 1.10. The van der Waals surface area contributed by atoms with Crippen molar-refractivity contribution < 1.29 is 14.4 Å². The van der Waals surface area contributed by atoms with Crippen molar-refractivity contribution >= 4 is 18.1 Å². The van der Waals surface area contributed by atoms with Gasteiger partial charge in [-0.1, -0.05) is 0 Å². The van der Waals surface area contributed by atoms with Gasteiger partial charge in [0.1, 0.15) is 0 Å². The van der Waals surface area contributed by atoms with Crippen LogP contribution in [0.1, 0.15) is 6.42 Å². The van der Waals surface area contributed by atoms with Gasteiger partial charge in [0.25, 0.3) is 0 Å². The molecule has 0 unspecified atom stereocenters. The van der Waals surface area contributed by atoms with Crippen LogP contribution in [0.3, 0.4) is 0 Å². The summed E-state index contributed by atoms with van der Waals surface area (Å²) in [5.74, 6) is 0. The van der Waals surface area contributed by atoms with Gasteiger partial charge < -0.3 is 29.4 Å². The molecule has 0 bridgehead atoms. The van der Waals surface area contributed by atoms with Gasteiger partial charge in [-0.3, -0.25) is 0 Å². The van der Waals surface area contributed by atoms with E-state index in [1.165, 1.54) is 9.80 Å². The summed E-state index contributed by atoms with van der Waals surface area (Å²) in [4.78, 5) is 42.4. The maximum absolute atomic E-state index is 11.0. The maximum atomic E-state index is 11.0. The third-order valence-corrected chi connectivity index (χ3v) is 3.83. The number of rotatable bonds is 0. The fourth-order valence-corrected chi connectivity index (χ4v) is 2.21. The predicted octanol–water partition coefficient (Wildman–Crippen LogP) is 0.587. The first-order chi connectivity index (χ1) is 11.5. The van der Waals surface area contributed by atoms with E-state index >= 15 is 0 Å². The van der Waals surface area contributed by atoms with E-state index in [1.54, 1.807) is 47.8 Å². The monoisotopic (exact) mass is 358 g/mol. The van der Waals surface area contributed by atoms with Crippen LogP contribution in [0.25, 0.3) is 0 Å². The molecule has 2 aliphatic rings. The van der Waals surface area contributed by atoms with Gasteiger partial charge in [0.15, 0.2) is 0 Å². The van der Waals surface area contributed by atoms with Crippen LogP contribution in [0.5, 0.6) is 0 Å². The number of likely N-dealkylation sites (N-methyl/N-ethyl adjacent to an activating group) is 2. The van der Waals surface area contributed by atoms with Gasteiger partial charge >= 0.3 is 18.1 Å². The molecule has 0 N–H and O–H groups in total. The topological polar surface area (TPSA) is 70.7 Å². The average molecular weight is 358 g/mol. The molecule has 2 saturated heterocycles. The fraction of sp³-hybridized carbons (Fsp3) is 0.812. The van der Waals surface area contributed by atoms with E-state index < -0.39 is 0 Å². The molecule has 25 heavy (non-hydrogen) atoms. The molecule has 2 rings (SSSR count). The summed E-state index contributed by atoms with van der Waals surface area (Å²) in [6, 6.07) is 0.288. The zero-order valence-electron chi connectivity index (χ0n) is 16.9. The minimum atomic E-state index is 0.0185. The largest absolute Gasteiger partial charge is 0.331 e. The lowest BCUT2D eigenvalue weighted by Crippen LogP contribution is -2.44. The third kappa shape index (κ3) is 7.95. The Morgan fingerprint density at radius 2 is 0.960 bits per heavy atom. The Balaban J connectivity index is 0.000000347. The van der Waals surface area contributed by atoms with Crippen LogP contribution >= 0.6 is 0 Å². The first-order valence-electron chi connectivity index (χ1n) is 8.30. The van der Waals surface area contributed by atoms with Crippen molar-refractivity contribution in [2.45, 2.75) is 6.42 Å². The highest BCUT2D eigenvalue weighted by atomic mass is 16.2. The first-order valence-corrected chi connectivity index (χ1v) is 8.30. The van der Waals surface area contributed by atoms with Gasteiger partial charge in [0, 0.05) is 82.6 Å². The van der Waals surface area contributed by atoms with Crippen molar-refractivity contribution in [1.82, 2.24) is 29.4 Å². The van der Waals surface area contributed by atoms with E-state index in [4.69, 9.17) is 0 Å². The first kappa shape index (κ1) is 22.8. The Bertz CT molecular complexity index is 419. The highest BCUT2D eigenvalue weighted by Crippen LogP contribution is 2.02. The summed E-state index contributed by atoms with van der Waals surface area (Å²) in [7, 11) is 14.2. The van der Waals surface area contributed by atoms with E-state index in [-0.39, 0.29) is 18.1 Å². The standard InChI is InChI=1S/C6H12N2O.C5H10N2O.C5H12N2O/c1-7-4-3-5-8(2)6(7)9;1-6-3-4-7(2)5(6)8;1-6(2)5(8)7(3)4/h3-5H2,1-2H3;3-4H2,1-2H3;1-4H3. The second-order valence-corrected chi connectivity index (χ2v) is 6.68. The smallest absolute Gasteiger partial charge is 0.319 e. The lowest BCUT2D eigenvalue weighted by atomic mass is 10.3. The van der Waals surface area contributed by atoms with Gasteiger partial charge in [0.2, 0.25) is 0 Å². The second-order valence-electron chi connectivity index (χ2n) is 6.68. The summed E-state index contributed by atoms with van der Waals surface area (Å²) in [6.45, 7) is 3.55. The lowest BCUT2D eigenvalue weighted by molar-refractivity contribution is 0.153. The molecule has 0 radical (unpaired) electrons. The SMILES string of the molecule is CN(C)C(=O)N(C)C.CN1CCCN(C)C1=O.CN1CCN(C)C1=O. The molecule has 2 heterocycles. The zero-order chi connectivity index (χ0) is 19.7. The van der Waals surface area contributed by atoms with Crippen molar-refractivity contribution in [3.8, 4) is 0 Å². The van der Waals surface area contributed by atoms with Crippen molar-refractivity contribution in [2.24, 2.45) is 0 Å². The van der Waals surface area contributed by atoms with Gasteiger partial charge in [-0.05, 0) is 6.42 Å². The van der Waals surface area contributed by atoms with E-state index in [0.717, 1.165) is 32.6 Å². The van der Waals surface area contributed by atoms with Crippen LogP contribution in [-0.4, -0.2) is 130 Å². The second kappa shape index (κ2) is 10.6. The molecule has 0 aromatic rings. The van der Waals surface area contributed by atoms with Crippen LogP contribution in [0.2, 0.25) is 0 Å². The van der Waals surface area contributed by atoms with Gasteiger partial charge in [-0.25, -0.2) is 14.4 Å². The molecule has 0 aliphatic carbocycles. The third-order valence-electron chi connectivity index (χ3n) is 3.83. The molecule has 2 aliphatic heterocycles.